The van der Waals surface area contributed by atoms with E-state index in [1.807, 2.05) is 22.9 Å². The number of aromatic nitrogens is 3. The van der Waals surface area contributed by atoms with E-state index in [9.17, 15) is 4.79 Å². The molecule has 0 aliphatic heterocycles. The number of carboxylic acid groups (broad SMARTS) is 1. The molecule has 0 spiro atoms. The predicted octanol–water partition coefficient (Wildman–Crippen LogP) is 2.38. The monoisotopic (exact) mass is 271 g/mol. The molecule has 0 amide bonds. The highest BCUT2D eigenvalue weighted by Crippen LogP contribution is 2.25. The highest BCUT2D eigenvalue weighted by Gasteiger charge is 2.19. The number of aryl methyl sites for hydroxylation is 3. The lowest BCUT2D eigenvalue weighted by Gasteiger charge is -2.03. The first kappa shape index (κ1) is 12.7. The number of imidazole rings is 2. The molecule has 104 valence electrons. The summed E-state index contributed by atoms with van der Waals surface area (Å²) in [5.74, 6) is -0.0370. The van der Waals surface area contributed by atoms with Crippen molar-refractivity contribution in [2.24, 2.45) is 7.05 Å². The van der Waals surface area contributed by atoms with Gasteiger partial charge in [0.2, 0.25) is 5.78 Å². The SMILES string of the molecule is Cc1cc2nc3n(C)c(C)c(CC(=O)O)n3c2cc1C. The van der Waals surface area contributed by atoms with Crippen molar-refractivity contribution in [3.05, 3.63) is 34.6 Å². The van der Waals surface area contributed by atoms with Crippen molar-refractivity contribution in [3.63, 3.8) is 0 Å². The fourth-order valence-corrected chi connectivity index (χ4v) is 2.67. The summed E-state index contributed by atoms with van der Waals surface area (Å²) in [5.41, 5.74) is 5.99. The van der Waals surface area contributed by atoms with Crippen molar-refractivity contribution in [1.29, 1.82) is 0 Å². The van der Waals surface area contributed by atoms with Crippen LogP contribution in [0.1, 0.15) is 22.5 Å². The van der Waals surface area contributed by atoms with Crippen LogP contribution >= 0.6 is 0 Å². The number of rotatable bonds is 2. The van der Waals surface area contributed by atoms with Crippen molar-refractivity contribution >= 4 is 22.8 Å². The highest BCUT2D eigenvalue weighted by atomic mass is 16.4. The van der Waals surface area contributed by atoms with E-state index in [0.29, 0.717) is 0 Å². The topological polar surface area (TPSA) is 59.5 Å². The van der Waals surface area contributed by atoms with Crippen LogP contribution in [0, 0.1) is 20.8 Å². The van der Waals surface area contributed by atoms with Gasteiger partial charge >= 0.3 is 5.97 Å². The summed E-state index contributed by atoms with van der Waals surface area (Å²) in [6.07, 6.45) is 0.00155. The van der Waals surface area contributed by atoms with Gasteiger partial charge in [0.15, 0.2) is 0 Å². The van der Waals surface area contributed by atoms with Gasteiger partial charge in [-0.25, -0.2) is 4.98 Å². The van der Waals surface area contributed by atoms with E-state index >= 15 is 0 Å². The van der Waals surface area contributed by atoms with Crippen LogP contribution < -0.4 is 0 Å². The summed E-state index contributed by atoms with van der Waals surface area (Å²) in [6.45, 7) is 6.04. The van der Waals surface area contributed by atoms with E-state index in [2.05, 4.69) is 31.0 Å². The van der Waals surface area contributed by atoms with Crippen LogP contribution in [0.5, 0.6) is 0 Å². The molecule has 3 rings (SSSR count). The molecule has 2 heterocycles. The van der Waals surface area contributed by atoms with Gasteiger partial charge in [0.1, 0.15) is 0 Å². The average Bonchev–Trinajstić information content (AvgIpc) is 2.82. The first-order valence-corrected chi connectivity index (χ1v) is 6.55. The van der Waals surface area contributed by atoms with Gasteiger partial charge in [-0.15, -0.1) is 0 Å². The Kier molecular flexibility index (Phi) is 2.61. The van der Waals surface area contributed by atoms with Crippen LogP contribution in [0.2, 0.25) is 0 Å². The molecule has 0 aliphatic rings. The lowest BCUT2D eigenvalue weighted by molar-refractivity contribution is -0.136. The largest absolute Gasteiger partial charge is 0.481 e. The molecule has 1 N–H and O–H groups in total. The number of hydrogen-bond donors (Lipinski definition) is 1. The van der Waals surface area contributed by atoms with E-state index in [1.165, 1.54) is 11.1 Å². The predicted molar refractivity (Wildman–Crippen MR) is 77.2 cm³/mol. The minimum absolute atomic E-state index is 0.00155. The first-order valence-electron chi connectivity index (χ1n) is 6.55. The fraction of sp³-hybridized carbons (Fsp3) is 0.333. The maximum Gasteiger partial charge on any atom is 0.309 e. The second-order valence-corrected chi connectivity index (χ2v) is 5.33. The molecule has 0 unspecified atom stereocenters. The minimum Gasteiger partial charge on any atom is -0.481 e. The molecule has 5 heteroatoms. The van der Waals surface area contributed by atoms with Crippen LogP contribution in [0.4, 0.5) is 0 Å². The van der Waals surface area contributed by atoms with Crippen molar-refractivity contribution in [1.82, 2.24) is 14.0 Å². The molecule has 2 aromatic heterocycles. The molecule has 0 aliphatic carbocycles. The molecule has 1 aromatic carbocycles. The van der Waals surface area contributed by atoms with Crippen molar-refractivity contribution in [2.45, 2.75) is 27.2 Å². The van der Waals surface area contributed by atoms with Crippen LogP contribution in [0.25, 0.3) is 16.8 Å². The van der Waals surface area contributed by atoms with E-state index in [4.69, 9.17) is 5.11 Å². The summed E-state index contributed by atoms with van der Waals surface area (Å²) in [7, 11) is 1.92. The van der Waals surface area contributed by atoms with Crippen LogP contribution in [0.15, 0.2) is 12.1 Å². The normalized spacial score (nSPS) is 11.6. The van der Waals surface area contributed by atoms with E-state index < -0.39 is 5.97 Å². The molecular formula is C15H17N3O2. The second-order valence-electron chi connectivity index (χ2n) is 5.33. The zero-order chi connectivity index (χ0) is 14.6. The molecule has 5 nitrogen and oxygen atoms in total. The third kappa shape index (κ3) is 1.62. The molecule has 0 atom stereocenters. The zero-order valence-corrected chi connectivity index (χ0v) is 12.1. The molecule has 0 saturated carbocycles. The minimum atomic E-state index is -0.828. The van der Waals surface area contributed by atoms with Crippen LogP contribution in [-0.2, 0) is 18.3 Å². The third-order valence-electron chi connectivity index (χ3n) is 4.06. The smallest absolute Gasteiger partial charge is 0.309 e. The number of nitrogens with zero attached hydrogens (tertiary/aromatic N) is 3. The molecule has 0 bridgehead atoms. The Hall–Kier alpha value is -2.30. The number of benzene rings is 1. The van der Waals surface area contributed by atoms with Crippen molar-refractivity contribution < 1.29 is 9.90 Å². The highest BCUT2D eigenvalue weighted by molar-refractivity contribution is 5.83. The Morgan fingerprint density at radius 1 is 1.25 bits per heavy atom. The number of carboxylic acids is 1. The van der Waals surface area contributed by atoms with E-state index in [1.54, 1.807) is 0 Å². The van der Waals surface area contributed by atoms with Gasteiger partial charge in [-0.1, -0.05) is 0 Å². The lowest BCUT2D eigenvalue weighted by Crippen LogP contribution is -2.05. The molecule has 3 aromatic rings. The first-order chi connectivity index (χ1) is 9.40. The maximum atomic E-state index is 11.1. The summed E-state index contributed by atoms with van der Waals surface area (Å²) < 4.78 is 3.91. The standard InChI is InChI=1S/C15H17N3O2/c1-8-5-11-13(6-9(8)2)18-12(7-14(19)20)10(3)17(4)15(18)16-11/h5-6H,7H2,1-4H3,(H,19,20). The van der Waals surface area contributed by atoms with Crippen molar-refractivity contribution in [3.8, 4) is 0 Å². The van der Waals surface area contributed by atoms with Crippen LogP contribution in [0.3, 0.4) is 0 Å². The average molecular weight is 271 g/mol. The Labute approximate surface area is 116 Å². The van der Waals surface area contributed by atoms with Crippen LogP contribution in [-0.4, -0.2) is 25.0 Å². The number of hydrogen-bond acceptors (Lipinski definition) is 2. The molecule has 20 heavy (non-hydrogen) atoms. The quantitative estimate of drug-likeness (QED) is 0.778. The van der Waals surface area contributed by atoms with Crippen molar-refractivity contribution in [2.75, 3.05) is 0 Å². The second kappa shape index (κ2) is 4.10. The van der Waals surface area contributed by atoms with Gasteiger partial charge in [0.25, 0.3) is 0 Å². The van der Waals surface area contributed by atoms with Gasteiger partial charge in [-0.05, 0) is 44.0 Å². The Balaban J connectivity index is 2.46. The number of aliphatic carboxylic acids is 1. The van der Waals surface area contributed by atoms with Gasteiger partial charge in [0.05, 0.1) is 23.1 Å². The summed E-state index contributed by atoms with van der Waals surface area (Å²) >= 11 is 0. The Bertz CT molecular complexity index is 855. The van der Waals surface area contributed by atoms with Gasteiger partial charge in [-0.3, -0.25) is 9.20 Å². The van der Waals surface area contributed by atoms with Gasteiger partial charge in [-0.2, -0.15) is 0 Å². The third-order valence-corrected chi connectivity index (χ3v) is 4.06. The molecular weight excluding hydrogens is 254 g/mol. The number of fused-ring (bicyclic) bond motifs is 3. The summed E-state index contributed by atoms with van der Waals surface area (Å²) in [5, 5.41) is 9.13. The van der Waals surface area contributed by atoms with Gasteiger partial charge < -0.3 is 9.67 Å². The molecule has 0 saturated heterocycles. The number of carbonyl (C=O) groups is 1. The Morgan fingerprint density at radius 3 is 2.55 bits per heavy atom. The maximum absolute atomic E-state index is 11.1. The van der Waals surface area contributed by atoms with E-state index in [-0.39, 0.29) is 6.42 Å². The van der Waals surface area contributed by atoms with Gasteiger partial charge in [0, 0.05) is 12.7 Å². The molecule has 0 radical (unpaired) electrons. The summed E-state index contributed by atoms with van der Waals surface area (Å²) in [6, 6.07) is 4.13. The lowest BCUT2D eigenvalue weighted by atomic mass is 10.1. The van der Waals surface area contributed by atoms with E-state index in [0.717, 1.165) is 28.2 Å². The molecule has 0 fully saturated rings. The summed E-state index contributed by atoms with van der Waals surface area (Å²) in [4.78, 5) is 15.7. The fourth-order valence-electron chi connectivity index (χ4n) is 2.67. The Morgan fingerprint density at radius 2 is 1.90 bits per heavy atom. The zero-order valence-electron chi connectivity index (χ0n) is 12.1.